The first-order valence-electron chi connectivity index (χ1n) is 13.2. The number of hydrogen-bond acceptors (Lipinski definition) is 7. The molecule has 3 aliphatic rings. The number of aliphatic carboxylic acids is 1. The van der Waals surface area contributed by atoms with Gasteiger partial charge in [-0.25, -0.2) is 14.3 Å². The van der Waals surface area contributed by atoms with Crippen LogP contribution < -0.4 is 4.74 Å². The summed E-state index contributed by atoms with van der Waals surface area (Å²) < 4.78 is 9.88. The van der Waals surface area contributed by atoms with Crippen LogP contribution in [0.15, 0.2) is 18.3 Å². The molecule has 1 N–H and O–H groups in total. The van der Waals surface area contributed by atoms with Crippen molar-refractivity contribution in [3.05, 3.63) is 35.4 Å². The summed E-state index contributed by atoms with van der Waals surface area (Å²) >= 11 is 0. The van der Waals surface area contributed by atoms with Gasteiger partial charge in [0.15, 0.2) is 0 Å². The van der Waals surface area contributed by atoms with Crippen molar-refractivity contribution in [1.29, 1.82) is 0 Å². The van der Waals surface area contributed by atoms with Crippen LogP contribution in [0.3, 0.4) is 0 Å². The van der Waals surface area contributed by atoms with Crippen LogP contribution in [0, 0.1) is 17.8 Å². The molecule has 190 valence electrons. The van der Waals surface area contributed by atoms with E-state index >= 15 is 0 Å². The summed E-state index contributed by atoms with van der Waals surface area (Å²) in [6.07, 6.45) is 11.2. The van der Waals surface area contributed by atoms with Gasteiger partial charge in [-0.3, -0.25) is 4.79 Å². The summed E-state index contributed by atoms with van der Waals surface area (Å²) in [7, 11) is 1.89. The fourth-order valence-electron chi connectivity index (χ4n) is 5.27. The van der Waals surface area contributed by atoms with Crippen LogP contribution in [0.5, 0.6) is 5.75 Å². The molecule has 0 aromatic carbocycles. The number of carbonyl (C=O) groups is 1. The third-order valence-corrected chi connectivity index (χ3v) is 7.73. The minimum atomic E-state index is -0.686. The van der Waals surface area contributed by atoms with Crippen LogP contribution in [0.25, 0.3) is 11.4 Å². The summed E-state index contributed by atoms with van der Waals surface area (Å²) in [5.74, 6) is 1.32. The van der Waals surface area contributed by atoms with Crippen molar-refractivity contribution < 1.29 is 14.6 Å². The molecule has 36 heavy (non-hydrogen) atoms. The molecule has 0 unspecified atom stereocenters. The molecule has 3 aliphatic carbocycles. The maximum Gasteiger partial charge on any atom is 0.306 e. The minimum Gasteiger partial charge on any atom is -0.491 e. The Morgan fingerprint density at radius 3 is 2.72 bits per heavy atom. The second-order valence-corrected chi connectivity index (χ2v) is 10.8. The molecule has 3 aromatic heterocycles. The molecular formula is C26H33N7O3. The highest BCUT2D eigenvalue weighted by Crippen LogP contribution is 2.44. The van der Waals surface area contributed by atoms with E-state index in [0.717, 1.165) is 78.7 Å². The van der Waals surface area contributed by atoms with Gasteiger partial charge in [-0.05, 0) is 75.3 Å². The molecule has 6 rings (SSSR count). The molecule has 0 amide bonds. The second kappa shape index (κ2) is 9.63. The summed E-state index contributed by atoms with van der Waals surface area (Å²) in [5.41, 5.74) is 4.48. The fourth-order valence-corrected chi connectivity index (χ4v) is 5.27. The maximum absolute atomic E-state index is 11.4. The van der Waals surface area contributed by atoms with Gasteiger partial charge in [-0.15, -0.1) is 10.2 Å². The number of carboxylic acids is 1. The zero-order chi connectivity index (χ0) is 24.6. The Kier molecular flexibility index (Phi) is 6.18. The number of pyridine rings is 1. The molecule has 0 aliphatic heterocycles. The number of nitrogens with zero attached hydrogens (tertiary/aromatic N) is 7. The van der Waals surface area contributed by atoms with Crippen molar-refractivity contribution in [2.24, 2.45) is 24.8 Å². The lowest BCUT2D eigenvalue weighted by Gasteiger charge is -2.26. The Hall–Kier alpha value is -3.30. The molecule has 2 atom stereocenters. The normalized spacial score (nSPS) is 22.0. The SMILES string of the molecule is Cn1nnc(-c2ccc(OC[C@H]3CCC[C@H](C(=O)O)C3)c(C3CC3)n2)c1Cn1cc(CC2CC2)nn1. The van der Waals surface area contributed by atoms with Gasteiger partial charge in [0.2, 0.25) is 0 Å². The Balaban J connectivity index is 1.18. The highest BCUT2D eigenvalue weighted by molar-refractivity contribution is 5.70. The molecule has 3 saturated carbocycles. The quantitative estimate of drug-likeness (QED) is 0.456. The smallest absolute Gasteiger partial charge is 0.306 e. The largest absolute Gasteiger partial charge is 0.491 e. The van der Waals surface area contributed by atoms with Gasteiger partial charge in [-0.2, -0.15) is 0 Å². The molecule has 10 heteroatoms. The Morgan fingerprint density at radius 1 is 1.08 bits per heavy atom. The van der Waals surface area contributed by atoms with Gasteiger partial charge in [-0.1, -0.05) is 16.8 Å². The first-order chi connectivity index (χ1) is 17.5. The van der Waals surface area contributed by atoms with Crippen molar-refractivity contribution in [1.82, 2.24) is 35.0 Å². The summed E-state index contributed by atoms with van der Waals surface area (Å²) in [5, 5.41) is 26.8. The number of aryl methyl sites for hydroxylation is 1. The topological polar surface area (TPSA) is 121 Å². The fraction of sp³-hybridized carbons (Fsp3) is 0.615. The molecule has 3 aromatic rings. The molecule has 3 fully saturated rings. The van der Waals surface area contributed by atoms with E-state index in [0.29, 0.717) is 25.5 Å². The van der Waals surface area contributed by atoms with Crippen LogP contribution in [-0.2, 0) is 24.8 Å². The van der Waals surface area contributed by atoms with Crippen LogP contribution in [0.4, 0.5) is 0 Å². The molecule has 10 nitrogen and oxygen atoms in total. The standard InChI is InChI=1S/C26H33N7O3/c1-32-22(14-33-13-20(28-31-33)12-16-5-6-16)25(29-30-32)21-9-10-23(24(27-21)18-7-8-18)36-15-17-3-2-4-19(11-17)26(34)35/h9-10,13,16-19H,2-8,11-12,14-15H2,1H3,(H,34,35)/t17-,19-/m0/s1. The molecular weight excluding hydrogens is 458 g/mol. The minimum absolute atomic E-state index is 0.249. The van der Waals surface area contributed by atoms with Crippen LogP contribution in [0.1, 0.15) is 74.4 Å². The van der Waals surface area contributed by atoms with Gasteiger partial charge in [0.05, 0.1) is 41.8 Å². The summed E-state index contributed by atoms with van der Waals surface area (Å²) in [6.45, 7) is 1.07. The Morgan fingerprint density at radius 2 is 1.94 bits per heavy atom. The average molecular weight is 492 g/mol. The number of hydrogen-bond donors (Lipinski definition) is 1. The Bertz CT molecular complexity index is 1240. The molecule has 0 spiro atoms. The molecule has 3 heterocycles. The van der Waals surface area contributed by atoms with E-state index < -0.39 is 5.97 Å². The van der Waals surface area contributed by atoms with Gasteiger partial charge in [0.1, 0.15) is 11.4 Å². The van der Waals surface area contributed by atoms with E-state index in [1.54, 1.807) is 4.68 Å². The van der Waals surface area contributed by atoms with E-state index in [1.807, 2.05) is 30.1 Å². The van der Waals surface area contributed by atoms with Crippen molar-refractivity contribution in [2.75, 3.05) is 6.61 Å². The lowest BCUT2D eigenvalue weighted by atomic mass is 9.82. The predicted octanol–water partition coefficient (Wildman–Crippen LogP) is 3.62. The van der Waals surface area contributed by atoms with Gasteiger partial charge >= 0.3 is 5.97 Å². The third-order valence-electron chi connectivity index (χ3n) is 7.73. The van der Waals surface area contributed by atoms with Gasteiger partial charge in [0, 0.05) is 19.2 Å². The van der Waals surface area contributed by atoms with E-state index in [9.17, 15) is 9.90 Å². The van der Waals surface area contributed by atoms with Crippen LogP contribution >= 0.6 is 0 Å². The molecule has 0 saturated heterocycles. The number of aromatic nitrogens is 7. The van der Waals surface area contributed by atoms with Crippen LogP contribution in [0.2, 0.25) is 0 Å². The van der Waals surface area contributed by atoms with Gasteiger partial charge in [0.25, 0.3) is 0 Å². The van der Waals surface area contributed by atoms with Crippen molar-refractivity contribution in [3.8, 4) is 17.1 Å². The second-order valence-electron chi connectivity index (χ2n) is 10.8. The maximum atomic E-state index is 11.4. The third kappa shape index (κ3) is 5.12. The summed E-state index contributed by atoms with van der Waals surface area (Å²) in [4.78, 5) is 16.4. The number of ether oxygens (including phenoxy) is 1. The lowest BCUT2D eigenvalue weighted by Crippen LogP contribution is -2.26. The first-order valence-corrected chi connectivity index (χ1v) is 13.2. The highest BCUT2D eigenvalue weighted by Gasteiger charge is 2.31. The molecule has 0 radical (unpaired) electrons. The average Bonchev–Trinajstić information content (AvgIpc) is 3.81. The van der Waals surface area contributed by atoms with Crippen molar-refractivity contribution in [2.45, 2.75) is 70.3 Å². The van der Waals surface area contributed by atoms with Crippen LogP contribution in [-0.4, -0.2) is 52.7 Å². The Labute approximate surface area is 210 Å². The molecule has 0 bridgehead atoms. The first kappa shape index (κ1) is 23.1. The predicted molar refractivity (Wildman–Crippen MR) is 130 cm³/mol. The van der Waals surface area contributed by atoms with E-state index in [4.69, 9.17) is 9.72 Å². The van der Waals surface area contributed by atoms with Gasteiger partial charge < -0.3 is 9.84 Å². The number of rotatable bonds is 10. The zero-order valence-corrected chi connectivity index (χ0v) is 20.7. The zero-order valence-electron chi connectivity index (χ0n) is 20.7. The van der Waals surface area contributed by atoms with Crippen molar-refractivity contribution in [3.63, 3.8) is 0 Å². The van der Waals surface area contributed by atoms with Crippen molar-refractivity contribution >= 4 is 5.97 Å². The van der Waals surface area contributed by atoms with E-state index in [2.05, 4.69) is 20.6 Å². The van der Waals surface area contributed by atoms with E-state index in [-0.39, 0.29) is 11.8 Å². The lowest BCUT2D eigenvalue weighted by molar-refractivity contribution is -0.143. The highest BCUT2D eigenvalue weighted by atomic mass is 16.5. The monoisotopic (exact) mass is 491 g/mol. The number of carboxylic acid groups (broad SMARTS) is 1. The summed E-state index contributed by atoms with van der Waals surface area (Å²) in [6, 6.07) is 3.95. The van der Waals surface area contributed by atoms with E-state index in [1.165, 1.54) is 12.8 Å².